The average molecular weight is 166 g/mol. The Morgan fingerprint density at radius 1 is 0.917 bits per heavy atom. The van der Waals surface area contributed by atoms with E-state index < -0.39 is 0 Å². The van der Waals surface area contributed by atoms with Crippen molar-refractivity contribution in [2.45, 2.75) is 51.0 Å². The van der Waals surface area contributed by atoms with Crippen molar-refractivity contribution in [2.75, 3.05) is 0 Å². The smallest absolute Gasteiger partial charge is 0.0601 e. The van der Waals surface area contributed by atoms with E-state index in [9.17, 15) is 5.11 Å². The fourth-order valence-electron chi connectivity index (χ4n) is 4.50. The van der Waals surface area contributed by atoms with Gasteiger partial charge in [-0.3, -0.25) is 0 Å². The molecule has 0 aliphatic heterocycles. The summed E-state index contributed by atoms with van der Waals surface area (Å²) in [6, 6.07) is 0. The van der Waals surface area contributed by atoms with E-state index in [4.69, 9.17) is 0 Å². The summed E-state index contributed by atoms with van der Waals surface area (Å²) < 4.78 is 0. The monoisotopic (exact) mass is 166 g/mol. The highest BCUT2D eigenvalue weighted by Gasteiger charge is 2.59. The van der Waals surface area contributed by atoms with Gasteiger partial charge >= 0.3 is 0 Å². The van der Waals surface area contributed by atoms with E-state index in [1.807, 2.05) is 0 Å². The standard InChI is InChI=1S/C11H18O/c12-10-6-5-9-4-3-8-2-1-7-11(8,9)10/h8-10,12H,1-7H2. The van der Waals surface area contributed by atoms with Gasteiger partial charge in [0.25, 0.3) is 0 Å². The van der Waals surface area contributed by atoms with Crippen LogP contribution in [0.25, 0.3) is 0 Å². The molecule has 1 nitrogen and oxygen atoms in total. The molecule has 0 bridgehead atoms. The van der Waals surface area contributed by atoms with Crippen molar-refractivity contribution in [3.8, 4) is 0 Å². The highest BCUT2D eigenvalue weighted by atomic mass is 16.3. The first-order valence-electron chi connectivity index (χ1n) is 5.52. The lowest BCUT2D eigenvalue weighted by molar-refractivity contribution is 0.0199. The fourth-order valence-corrected chi connectivity index (χ4v) is 4.50. The second-order valence-corrected chi connectivity index (χ2v) is 5.07. The zero-order chi connectivity index (χ0) is 8.18. The van der Waals surface area contributed by atoms with Gasteiger partial charge in [-0.2, -0.15) is 0 Å². The quantitative estimate of drug-likeness (QED) is 0.585. The maximum atomic E-state index is 10.1. The number of hydrogen-bond donors (Lipinski definition) is 1. The molecule has 12 heavy (non-hydrogen) atoms. The summed E-state index contributed by atoms with van der Waals surface area (Å²) in [5.41, 5.74) is 0.431. The first-order chi connectivity index (χ1) is 5.84. The van der Waals surface area contributed by atoms with Crippen LogP contribution in [0, 0.1) is 17.3 Å². The van der Waals surface area contributed by atoms with Crippen molar-refractivity contribution in [1.29, 1.82) is 0 Å². The van der Waals surface area contributed by atoms with Crippen molar-refractivity contribution >= 4 is 0 Å². The Labute approximate surface area is 74.2 Å². The van der Waals surface area contributed by atoms with Crippen molar-refractivity contribution in [3.63, 3.8) is 0 Å². The molecule has 0 aromatic carbocycles. The van der Waals surface area contributed by atoms with Crippen molar-refractivity contribution in [3.05, 3.63) is 0 Å². The molecule has 0 saturated heterocycles. The third kappa shape index (κ3) is 0.654. The number of aliphatic hydroxyl groups is 1. The molecule has 3 aliphatic rings. The molecule has 1 N–H and O–H groups in total. The topological polar surface area (TPSA) is 20.2 Å². The lowest BCUT2D eigenvalue weighted by Crippen LogP contribution is -2.34. The summed E-state index contributed by atoms with van der Waals surface area (Å²) in [5, 5.41) is 10.1. The van der Waals surface area contributed by atoms with E-state index >= 15 is 0 Å². The molecule has 3 saturated carbocycles. The van der Waals surface area contributed by atoms with Gasteiger partial charge in [-0.15, -0.1) is 0 Å². The molecule has 4 unspecified atom stereocenters. The second kappa shape index (κ2) is 2.25. The minimum atomic E-state index is 0.0671. The van der Waals surface area contributed by atoms with E-state index in [1.165, 1.54) is 38.5 Å². The Morgan fingerprint density at radius 2 is 1.58 bits per heavy atom. The molecule has 3 aliphatic carbocycles. The van der Waals surface area contributed by atoms with Crippen LogP contribution >= 0.6 is 0 Å². The molecule has 0 amide bonds. The summed E-state index contributed by atoms with van der Waals surface area (Å²) in [6.07, 6.45) is 9.45. The molecule has 4 atom stereocenters. The molecule has 0 heterocycles. The molecule has 0 radical (unpaired) electrons. The van der Waals surface area contributed by atoms with Gasteiger partial charge < -0.3 is 5.11 Å². The molecule has 0 aromatic heterocycles. The van der Waals surface area contributed by atoms with Crippen LogP contribution in [0.1, 0.15) is 44.9 Å². The van der Waals surface area contributed by atoms with E-state index in [0.29, 0.717) is 5.41 Å². The molecule has 1 heteroatoms. The number of rotatable bonds is 0. The van der Waals surface area contributed by atoms with Crippen molar-refractivity contribution < 1.29 is 5.11 Å². The summed E-state index contributed by atoms with van der Waals surface area (Å²) >= 11 is 0. The van der Waals surface area contributed by atoms with Gasteiger partial charge in [0, 0.05) is 5.41 Å². The molecule has 68 valence electrons. The summed E-state index contributed by atoms with van der Waals surface area (Å²) in [5.74, 6) is 1.81. The zero-order valence-corrected chi connectivity index (χ0v) is 7.63. The maximum Gasteiger partial charge on any atom is 0.0601 e. The van der Waals surface area contributed by atoms with Crippen LogP contribution in [0.4, 0.5) is 0 Å². The van der Waals surface area contributed by atoms with Crippen molar-refractivity contribution in [2.24, 2.45) is 17.3 Å². The third-order valence-corrected chi connectivity index (χ3v) is 4.96. The Bertz CT molecular complexity index is 190. The predicted octanol–water partition coefficient (Wildman–Crippen LogP) is 2.34. The Kier molecular flexibility index (Phi) is 1.39. The highest BCUT2D eigenvalue weighted by molar-refractivity contribution is 5.08. The van der Waals surface area contributed by atoms with Crippen LogP contribution in [0.2, 0.25) is 0 Å². The van der Waals surface area contributed by atoms with Crippen LogP contribution in [0.5, 0.6) is 0 Å². The lowest BCUT2D eigenvalue weighted by atomic mass is 9.74. The maximum absolute atomic E-state index is 10.1. The fraction of sp³-hybridized carbons (Fsp3) is 1.00. The van der Waals surface area contributed by atoms with Crippen molar-refractivity contribution in [1.82, 2.24) is 0 Å². The van der Waals surface area contributed by atoms with Gasteiger partial charge in [0.15, 0.2) is 0 Å². The van der Waals surface area contributed by atoms with Gasteiger partial charge in [0.1, 0.15) is 0 Å². The van der Waals surface area contributed by atoms with Gasteiger partial charge in [-0.25, -0.2) is 0 Å². The summed E-state index contributed by atoms with van der Waals surface area (Å²) in [7, 11) is 0. The zero-order valence-electron chi connectivity index (χ0n) is 7.63. The molecule has 1 spiro atoms. The van der Waals surface area contributed by atoms with Crippen LogP contribution in [-0.2, 0) is 0 Å². The van der Waals surface area contributed by atoms with Crippen LogP contribution in [0.15, 0.2) is 0 Å². The van der Waals surface area contributed by atoms with Gasteiger partial charge in [-0.1, -0.05) is 6.42 Å². The Hall–Kier alpha value is -0.0400. The highest BCUT2D eigenvalue weighted by Crippen LogP contribution is 2.64. The number of hydrogen-bond acceptors (Lipinski definition) is 1. The number of aliphatic hydroxyl groups excluding tert-OH is 1. The minimum Gasteiger partial charge on any atom is -0.393 e. The van der Waals surface area contributed by atoms with Crippen LogP contribution in [-0.4, -0.2) is 11.2 Å². The Morgan fingerprint density at radius 3 is 2.42 bits per heavy atom. The molecular weight excluding hydrogens is 148 g/mol. The largest absolute Gasteiger partial charge is 0.393 e. The molecular formula is C11H18O. The van der Waals surface area contributed by atoms with E-state index in [0.717, 1.165) is 18.3 Å². The first kappa shape index (κ1) is 7.37. The average Bonchev–Trinajstić information content (AvgIpc) is 2.63. The first-order valence-corrected chi connectivity index (χ1v) is 5.52. The third-order valence-electron chi connectivity index (χ3n) is 4.96. The molecule has 3 rings (SSSR count). The molecule has 3 fully saturated rings. The normalized spacial score (nSPS) is 57.2. The summed E-state index contributed by atoms with van der Waals surface area (Å²) in [6.45, 7) is 0. The SMILES string of the molecule is OC1CCC2CCC3CCCC132. The van der Waals surface area contributed by atoms with Gasteiger partial charge in [0.05, 0.1) is 6.10 Å². The van der Waals surface area contributed by atoms with E-state index in [-0.39, 0.29) is 6.10 Å². The van der Waals surface area contributed by atoms with Gasteiger partial charge in [0.2, 0.25) is 0 Å². The predicted molar refractivity (Wildman–Crippen MR) is 47.7 cm³/mol. The second-order valence-electron chi connectivity index (χ2n) is 5.07. The minimum absolute atomic E-state index is 0.0671. The van der Waals surface area contributed by atoms with E-state index in [1.54, 1.807) is 0 Å². The Balaban J connectivity index is 2.00. The van der Waals surface area contributed by atoms with E-state index in [2.05, 4.69) is 0 Å². The van der Waals surface area contributed by atoms with Crippen LogP contribution < -0.4 is 0 Å². The molecule has 0 aromatic rings. The summed E-state index contributed by atoms with van der Waals surface area (Å²) in [4.78, 5) is 0. The van der Waals surface area contributed by atoms with Gasteiger partial charge in [-0.05, 0) is 50.4 Å². The lowest BCUT2D eigenvalue weighted by Gasteiger charge is -2.33. The van der Waals surface area contributed by atoms with Crippen LogP contribution in [0.3, 0.4) is 0 Å².